The van der Waals surface area contributed by atoms with Gasteiger partial charge in [0.1, 0.15) is 0 Å². The predicted octanol–water partition coefficient (Wildman–Crippen LogP) is 1.60. The molecule has 1 amide bonds. The van der Waals surface area contributed by atoms with E-state index < -0.39 is 0 Å². The van der Waals surface area contributed by atoms with E-state index in [2.05, 4.69) is 4.90 Å². The van der Waals surface area contributed by atoms with E-state index in [1.54, 1.807) is 11.0 Å². The topological polar surface area (TPSA) is 49.6 Å². The Kier molecular flexibility index (Phi) is 5.16. The van der Waals surface area contributed by atoms with Crippen LogP contribution in [0.2, 0.25) is 0 Å². The zero-order valence-electron chi connectivity index (χ0n) is 11.7. The Bertz CT molecular complexity index is 416. The molecular weight excluding hydrogens is 226 g/mol. The van der Waals surface area contributed by atoms with Gasteiger partial charge in [-0.1, -0.05) is 11.6 Å². The normalized spacial score (nSPS) is 10.7. The maximum atomic E-state index is 12.2. The van der Waals surface area contributed by atoms with Crippen molar-refractivity contribution in [2.75, 3.05) is 40.0 Å². The Morgan fingerprint density at radius 2 is 1.89 bits per heavy atom. The lowest BCUT2D eigenvalue weighted by Crippen LogP contribution is -2.30. The monoisotopic (exact) mass is 249 g/mol. The van der Waals surface area contributed by atoms with Crippen LogP contribution in [0, 0.1) is 6.92 Å². The van der Waals surface area contributed by atoms with Crippen molar-refractivity contribution in [3.63, 3.8) is 0 Å². The Morgan fingerprint density at radius 3 is 2.50 bits per heavy atom. The van der Waals surface area contributed by atoms with E-state index in [0.717, 1.165) is 25.1 Å². The maximum Gasteiger partial charge on any atom is 0.255 e. The van der Waals surface area contributed by atoms with Crippen LogP contribution in [0.15, 0.2) is 18.2 Å². The molecular formula is C14H23N3O. The number of carbonyl (C=O) groups is 1. The predicted molar refractivity (Wildman–Crippen MR) is 75.7 cm³/mol. The highest BCUT2D eigenvalue weighted by atomic mass is 16.2. The van der Waals surface area contributed by atoms with E-state index >= 15 is 0 Å². The van der Waals surface area contributed by atoms with Crippen LogP contribution in [0.25, 0.3) is 0 Å². The number of anilines is 1. The van der Waals surface area contributed by atoms with Crippen molar-refractivity contribution in [1.29, 1.82) is 0 Å². The van der Waals surface area contributed by atoms with Crippen molar-refractivity contribution in [1.82, 2.24) is 9.80 Å². The second-order valence-electron chi connectivity index (χ2n) is 4.97. The molecule has 0 radical (unpaired) electrons. The van der Waals surface area contributed by atoms with Gasteiger partial charge in [0, 0.05) is 19.3 Å². The van der Waals surface area contributed by atoms with Crippen molar-refractivity contribution in [3.8, 4) is 0 Å². The first-order chi connectivity index (χ1) is 8.41. The smallest absolute Gasteiger partial charge is 0.255 e. The molecule has 4 heteroatoms. The second-order valence-corrected chi connectivity index (χ2v) is 4.97. The molecule has 0 aliphatic heterocycles. The summed E-state index contributed by atoms with van der Waals surface area (Å²) in [7, 11) is 5.88. The summed E-state index contributed by atoms with van der Waals surface area (Å²) in [6, 6.07) is 5.55. The molecule has 18 heavy (non-hydrogen) atoms. The minimum absolute atomic E-state index is 0.00467. The van der Waals surface area contributed by atoms with Crippen LogP contribution in [-0.4, -0.2) is 49.9 Å². The number of nitrogens with two attached hydrogens (primary N) is 1. The van der Waals surface area contributed by atoms with Gasteiger partial charge in [0.05, 0.1) is 5.56 Å². The standard InChI is InChI=1S/C14H23N3O/c1-11-6-7-13(15)12(10-11)14(18)17(4)9-5-8-16(2)3/h6-7,10H,5,8-9,15H2,1-4H3. The van der Waals surface area contributed by atoms with Crippen molar-refractivity contribution >= 4 is 11.6 Å². The third kappa shape index (κ3) is 4.04. The highest BCUT2D eigenvalue weighted by Crippen LogP contribution is 2.15. The molecule has 0 atom stereocenters. The molecule has 2 N–H and O–H groups in total. The highest BCUT2D eigenvalue weighted by molar-refractivity contribution is 5.99. The molecule has 0 heterocycles. The van der Waals surface area contributed by atoms with Gasteiger partial charge in [0.25, 0.3) is 5.91 Å². The number of aryl methyl sites for hydroxylation is 1. The van der Waals surface area contributed by atoms with E-state index in [4.69, 9.17) is 5.73 Å². The first-order valence-corrected chi connectivity index (χ1v) is 6.18. The Labute approximate surface area is 109 Å². The molecule has 0 aliphatic carbocycles. The summed E-state index contributed by atoms with van der Waals surface area (Å²) in [4.78, 5) is 16.1. The van der Waals surface area contributed by atoms with E-state index in [0.29, 0.717) is 11.3 Å². The van der Waals surface area contributed by atoms with E-state index in [1.807, 2.05) is 40.2 Å². The molecule has 100 valence electrons. The quantitative estimate of drug-likeness (QED) is 0.806. The summed E-state index contributed by atoms with van der Waals surface area (Å²) in [5.74, 6) is -0.00467. The lowest BCUT2D eigenvalue weighted by molar-refractivity contribution is 0.0791. The Hall–Kier alpha value is -1.55. The molecule has 0 unspecified atom stereocenters. The summed E-state index contributed by atoms with van der Waals surface area (Å²) >= 11 is 0. The summed E-state index contributed by atoms with van der Waals surface area (Å²) in [5, 5.41) is 0. The van der Waals surface area contributed by atoms with Crippen LogP contribution in [-0.2, 0) is 0 Å². The minimum atomic E-state index is -0.00467. The van der Waals surface area contributed by atoms with Gasteiger partial charge >= 0.3 is 0 Å². The molecule has 4 nitrogen and oxygen atoms in total. The number of hydrogen-bond donors (Lipinski definition) is 1. The largest absolute Gasteiger partial charge is 0.398 e. The zero-order valence-corrected chi connectivity index (χ0v) is 11.7. The number of hydrogen-bond acceptors (Lipinski definition) is 3. The summed E-state index contributed by atoms with van der Waals surface area (Å²) < 4.78 is 0. The molecule has 0 aliphatic rings. The van der Waals surface area contributed by atoms with Crippen LogP contribution < -0.4 is 5.73 Å². The lowest BCUT2D eigenvalue weighted by atomic mass is 10.1. The number of nitrogens with zero attached hydrogens (tertiary/aromatic N) is 2. The molecule has 0 bridgehead atoms. The van der Waals surface area contributed by atoms with Gasteiger partial charge in [-0.3, -0.25) is 4.79 Å². The summed E-state index contributed by atoms with van der Waals surface area (Å²) in [6.45, 7) is 3.67. The van der Waals surface area contributed by atoms with Gasteiger partial charge in [-0.2, -0.15) is 0 Å². The van der Waals surface area contributed by atoms with Gasteiger partial charge < -0.3 is 15.5 Å². The molecule has 1 aromatic rings. The average molecular weight is 249 g/mol. The van der Waals surface area contributed by atoms with Gasteiger partial charge in [-0.15, -0.1) is 0 Å². The maximum absolute atomic E-state index is 12.2. The molecule has 1 aromatic carbocycles. The van der Waals surface area contributed by atoms with Crippen LogP contribution >= 0.6 is 0 Å². The fourth-order valence-electron chi connectivity index (χ4n) is 1.79. The Balaban J connectivity index is 2.65. The fourth-order valence-corrected chi connectivity index (χ4v) is 1.79. The Morgan fingerprint density at radius 1 is 1.22 bits per heavy atom. The van der Waals surface area contributed by atoms with Crippen molar-refractivity contribution in [2.45, 2.75) is 13.3 Å². The summed E-state index contributed by atoms with van der Waals surface area (Å²) in [5.41, 5.74) is 8.05. The van der Waals surface area contributed by atoms with Crippen LogP contribution in [0.4, 0.5) is 5.69 Å². The first-order valence-electron chi connectivity index (χ1n) is 6.18. The van der Waals surface area contributed by atoms with Gasteiger partial charge in [0.15, 0.2) is 0 Å². The first kappa shape index (κ1) is 14.5. The van der Waals surface area contributed by atoms with E-state index in [9.17, 15) is 4.79 Å². The second kappa shape index (κ2) is 6.40. The SMILES string of the molecule is Cc1ccc(N)c(C(=O)N(C)CCCN(C)C)c1. The molecule has 0 saturated carbocycles. The highest BCUT2D eigenvalue weighted by Gasteiger charge is 2.14. The van der Waals surface area contributed by atoms with Gasteiger partial charge in [-0.05, 0) is 46.1 Å². The van der Waals surface area contributed by atoms with Crippen molar-refractivity contribution in [3.05, 3.63) is 29.3 Å². The molecule has 1 rings (SSSR count). The van der Waals surface area contributed by atoms with Crippen LogP contribution in [0.1, 0.15) is 22.3 Å². The van der Waals surface area contributed by atoms with Crippen molar-refractivity contribution in [2.24, 2.45) is 0 Å². The number of amides is 1. The number of benzene rings is 1. The van der Waals surface area contributed by atoms with Gasteiger partial charge in [0.2, 0.25) is 0 Å². The van der Waals surface area contributed by atoms with Crippen molar-refractivity contribution < 1.29 is 4.79 Å². The zero-order chi connectivity index (χ0) is 13.7. The number of carbonyl (C=O) groups excluding carboxylic acids is 1. The lowest BCUT2D eigenvalue weighted by Gasteiger charge is -2.19. The van der Waals surface area contributed by atoms with E-state index in [1.165, 1.54) is 0 Å². The van der Waals surface area contributed by atoms with Gasteiger partial charge in [-0.25, -0.2) is 0 Å². The molecule has 0 fully saturated rings. The third-order valence-electron chi connectivity index (χ3n) is 2.88. The van der Waals surface area contributed by atoms with Crippen LogP contribution in [0.5, 0.6) is 0 Å². The minimum Gasteiger partial charge on any atom is -0.398 e. The summed E-state index contributed by atoms with van der Waals surface area (Å²) in [6.07, 6.45) is 0.959. The number of rotatable bonds is 5. The molecule has 0 spiro atoms. The van der Waals surface area contributed by atoms with E-state index in [-0.39, 0.29) is 5.91 Å². The third-order valence-corrected chi connectivity index (χ3v) is 2.88. The molecule has 0 saturated heterocycles. The fraction of sp³-hybridized carbons (Fsp3) is 0.500. The van der Waals surface area contributed by atoms with Crippen LogP contribution in [0.3, 0.4) is 0 Å². The molecule has 0 aromatic heterocycles. The number of nitrogen functional groups attached to an aromatic ring is 1. The average Bonchev–Trinajstić information content (AvgIpc) is 2.30.